The lowest BCUT2D eigenvalue weighted by atomic mass is 9.97. The van der Waals surface area contributed by atoms with Crippen molar-refractivity contribution in [3.8, 4) is 29.5 Å². The van der Waals surface area contributed by atoms with E-state index >= 15 is 0 Å². The van der Waals surface area contributed by atoms with Crippen LogP contribution in [0.1, 0.15) is 30.0 Å². The average molecular weight is 443 g/mol. The van der Waals surface area contributed by atoms with Crippen LogP contribution < -0.4 is 14.8 Å². The van der Waals surface area contributed by atoms with Crippen LogP contribution >= 0.6 is 0 Å². The smallest absolute Gasteiger partial charge is 0.255 e. The molecule has 2 heterocycles. The monoisotopic (exact) mass is 443 g/mol. The molecule has 0 unspecified atom stereocenters. The summed E-state index contributed by atoms with van der Waals surface area (Å²) in [4.78, 5) is 16.2. The third-order valence-electron chi connectivity index (χ3n) is 5.75. The largest absolute Gasteiger partial charge is 0.495 e. The lowest BCUT2D eigenvalue weighted by molar-refractivity contribution is -0.123. The summed E-state index contributed by atoms with van der Waals surface area (Å²) in [7, 11) is 1.48. The van der Waals surface area contributed by atoms with E-state index in [1.54, 1.807) is 18.3 Å². The van der Waals surface area contributed by atoms with Gasteiger partial charge in [-0.05, 0) is 30.7 Å². The van der Waals surface area contributed by atoms with Gasteiger partial charge in [-0.15, -0.1) is 0 Å². The van der Waals surface area contributed by atoms with Gasteiger partial charge in [-0.1, -0.05) is 37.0 Å². The number of fused-ring (bicyclic) bond motifs is 1. The minimum atomic E-state index is -1.54. The second-order valence-electron chi connectivity index (χ2n) is 7.70. The summed E-state index contributed by atoms with van der Waals surface area (Å²) in [5.41, 5.74) is 1.84. The first kappa shape index (κ1) is 22.1. The Kier molecular flexibility index (Phi) is 6.42. The molecule has 7 heteroatoms. The van der Waals surface area contributed by atoms with E-state index < -0.39 is 24.0 Å². The van der Waals surface area contributed by atoms with Crippen molar-refractivity contribution in [3.05, 3.63) is 65.4 Å². The maximum absolute atomic E-state index is 14.1. The van der Waals surface area contributed by atoms with Crippen LogP contribution in [-0.2, 0) is 4.79 Å². The second kappa shape index (κ2) is 9.58. The highest BCUT2D eigenvalue weighted by Gasteiger charge is 2.41. The molecule has 2 aromatic carbocycles. The van der Waals surface area contributed by atoms with Gasteiger partial charge >= 0.3 is 0 Å². The third-order valence-corrected chi connectivity index (χ3v) is 5.75. The Bertz CT molecular complexity index is 1290. The van der Waals surface area contributed by atoms with E-state index in [9.17, 15) is 14.4 Å². The fraction of sp³-hybridized carbons (Fsp3) is 0.269. The van der Waals surface area contributed by atoms with Crippen molar-refractivity contribution in [2.45, 2.75) is 25.6 Å². The van der Waals surface area contributed by atoms with Gasteiger partial charge in [-0.25, -0.2) is 9.37 Å². The number of nitriles is 1. The van der Waals surface area contributed by atoms with Crippen LogP contribution in [0.2, 0.25) is 0 Å². The molecule has 3 atom stereocenters. The molecule has 1 amide bonds. The number of methoxy groups -OCH3 is 1. The van der Waals surface area contributed by atoms with Crippen LogP contribution in [0.25, 0.3) is 10.8 Å². The first-order valence-electron chi connectivity index (χ1n) is 10.6. The first-order chi connectivity index (χ1) is 16.0. The minimum Gasteiger partial charge on any atom is -0.495 e. The van der Waals surface area contributed by atoms with Gasteiger partial charge in [0.2, 0.25) is 5.88 Å². The predicted octanol–water partition coefficient (Wildman–Crippen LogP) is 3.76. The highest BCUT2D eigenvalue weighted by molar-refractivity contribution is 5.94. The van der Waals surface area contributed by atoms with Crippen molar-refractivity contribution in [1.82, 2.24) is 10.3 Å². The molecule has 6 nitrogen and oxygen atoms in total. The van der Waals surface area contributed by atoms with E-state index in [0.717, 1.165) is 5.56 Å². The van der Waals surface area contributed by atoms with E-state index in [1.807, 2.05) is 37.3 Å². The molecule has 0 aliphatic carbocycles. The van der Waals surface area contributed by atoms with Gasteiger partial charge in [0.25, 0.3) is 5.91 Å². The number of hydrogen-bond donors (Lipinski definition) is 1. The van der Waals surface area contributed by atoms with Crippen molar-refractivity contribution in [1.29, 1.82) is 5.26 Å². The first-order valence-corrected chi connectivity index (χ1v) is 10.6. The number of benzene rings is 2. The summed E-state index contributed by atoms with van der Waals surface area (Å²) in [5, 5.41) is 13.5. The topological polar surface area (TPSA) is 84.2 Å². The molecule has 0 radical (unpaired) electrons. The van der Waals surface area contributed by atoms with Crippen LogP contribution in [0.15, 0.2) is 48.7 Å². The quantitative estimate of drug-likeness (QED) is 0.607. The Morgan fingerprint density at radius 1 is 1.15 bits per heavy atom. The van der Waals surface area contributed by atoms with Gasteiger partial charge in [0.15, 0.2) is 6.17 Å². The molecule has 0 bridgehead atoms. The molecule has 1 aromatic heterocycles. The summed E-state index contributed by atoms with van der Waals surface area (Å²) >= 11 is 0. The summed E-state index contributed by atoms with van der Waals surface area (Å²) in [6, 6.07) is 14.6. The number of rotatable bonds is 5. The fourth-order valence-electron chi connectivity index (χ4n) is 3.97. The molecular weight excluding hydrogens is 421 g/mol. The molecule has 33 heavy (non-hydrogen) atoms. The fourth-order valence-corrected chi connectivity index (χ4v) is 3.97. The number of nitrogens with zero attached hydrogens (tertiary/aromatic N) is 2. The second-order valence-corrected chi connectivity index (χ2v) is 7.70. The van der Waals surface area contributed by atoms with E-state index in [-0.39, 0.29) is 6.61 Å². The Labute approximate surface area is 191 Å². The summed E-state index contributed by atoms with van der Waals surface area (Å²) < 4.78 is 25.4. The van der Waals surface area contributed by atoms with Gasteiger partial charge in [0, 0.05) is 28.5 Å². The molecule has 1 saturated heterocycles. The highest BCUT2D eigenvalue weighted by Crippen LogP contribution is 2.33. The Hall–Kier alpha value is -4.10. The minimum absolute atomic E-state index is 0.0735. The van der Waals surface area contributed by atoms with Gasteiger partial charge in [0.1, 0.15) is 18.4 Å². The van der Waals surface area contributed by atoms with Crippen LogP contribution in [0, 0.1) is 29.1 Å². The van der Waals surface area contributed by atoms with Crippen LogP contribution in [0.3, 0.4) is 0 Å². The van der Waals surface area contributed by atoms with E-state index in [4.69, 9.17) is 9.47 Å². The number of nitrogens with one attached hydrogen (secondary N) is 1. The van der Waals surface area contributed by atoms with Crippen molar-refractivity contribution < 1.29 is 18.7 Å². The van der Waals surface area contributed by atoms with Crippen molar-refractivity contribution in [2.24, 2.45) is 5.92 Å². The number of halogens is 1. The number of amides is 1. The Balaban J connectivity index is 1.73. The van der Waals surface area contributed by atoms with E-state index in [0.29, 0.717) is 39.9 Å². The van der Waals surface area contributed by atoms with Crippen LogP contribution in [0.5, 0.6) is 11.6 Å². The van der Waals surface area contributed by atoms with Gasteiger partial charge in [0.05, 0.1) is 24.3 Å². The maximum atomic E-state index is 14.1. The van der Waals surface area contributed by atoms with Crippen molar-refractivity contribution in [3.63, 3.8) is 0 Å². The number of carbonyl (C=O) groups excluding carboxylic acids is 1. The number of pyridine rings is 1. The van der Waals surface area contributed by atoms with E-state index in [1.165, 1.54) is 7.11 Å². The normalized spacial score (nSPS) is 19.3. The number of ether oxygens (including phenoxy) is 2. The zero-order valence-corrected chi connectivity index (χ0v) is 18.3. The molecule has 1 aliphatic heterocycles. The van der Waals surface area contributed by atoms with Crippen molar-refractivity contribution in [2.75, 3.05) is 13.7 Å². The average Bonchev–Trinajstić information content (AvgIpc) is 3.13. The zero-order chi connectivity index (χ0) is 23.4. The number of aromatic nitrogens is 1. The van der Waals surface area contributed by atoms with Crippen molar-refractivity contribution >= 4 is 16.7 Å². The molecule has 1 N–H and O–H groups in total. The molecule has 166 valence electrons. The maximum Gasteiger partial charge on any atom is 0.255 e. The SMILES string of the molecule is CC[C@@H]1[C@H](F)C(=O)N[C@@H]1COc1ncc(C#Cc2ccccc2)c2cc(C#N)c(OC)cc12. The molecule has 1 aliphatic rings. The molecule has 4 rings (SSSR count). The standard InChI is InChI=1S/C26H22FN3O3/c1-3-19-22(30-25(31)24(19)27)15-33-26-21-12-23(32-2)18(13-28)11-20(21)17(14-29-26)10-9-16-7-5-4-6-8-16/h4-8,11-12,14,19,22,24H,3,15H2,1-2H3,(H,30,31)/t19-,22+,24-/m0/s1. The molecular formula is C26H22FN3O3. The molecule has 0 spiro atoms. The number of carbonyl (C=O) groups is 1. The Morgan fingerprint density at radius 3 is 2.64 bits per heavy atom. The highest BCUT2D eigenvalue weighted by atomic mass is 19.1. The van der Waals surface area contributed by atoms with Gasteiger partial charge in [-0.2, -0.15) is 5.26 Å². The zero-order valence-electron chi connectivity index (χ0n) is 18.3. The van der Waals surface area contributed by atoms with Crippen LogP contribution in [0.4, 0.5) is 4.39 Å². The Morgan fingerprint density at radius 2 is 1.94 bits per heavy atom. The number of alkyl halides is 1. The lowest BCUT2D eigenvalue weighted by Crippen LogP contribution is -2.34. The van der Waals surface area contributed by atoms with Gasteiger partial charge < -0.3 is 14.8 Å². The summed E-state index contributed by atoms with van der Waals surface area (Å²) in [5.74, 6) is 5.83. The predicted molar refractivity (Wildman–Crippen MR) is 122 cm³/mol. The summed E-state index contributed by atoms with van der Waals surface area (Å²) in [6.45, 7) is 1.91. The van der Waals surface area contributed by atoms with E-state index in [2.05, 4.69) is 28.2 Å². The number of hydrogen-bond acceptors (Lipinski definition) is 5. The lowest BCUT2D eigenvalue weighted by Gasteiger charge is -2.19. The third kappa shape index (κ3) is 4.44. The van der Waals surface area contributed by atoms with Gasteiger partial charge in [-0.3, -0.25) is 4.79 Å². The molecule has 3 aromatic rings. The summed E-state index contributed by atoms with van der Waals surface area (Å²) in [6.07, 6.45) is 0.557. The van der Waals surface area contributed by atoms with Crippen LogP contribution in [-0.4, -0.2) is 36.8 Å². The molecule has 0 saturated carbocycles. The molecule has 1 fully saturated rings.